The minimum Gasteiger partial charge on any atom is -0.507 e. The van der Waals surface area contributed by atoms with Gasteiger partial charge in [0.25, 0.3) is 5.91 Å². The largest absolute Gasteiger partial charge is 0.507 e. The van der Waals surface area contributed by atoms with Gasteiger partial charge < -0.3 is 19.6 Å². The normalized spacial score (nSPS) is 10.8. The number of aromatic nitrogens is 1. The highest BCUT2D eigenvalue weighted by atomic mass is 32.1. The summed E-state index contributed by atoms with van der Waals surface area (Å²) >= 11 is 5.32. The van der Waals surface area contributed by atoms with E-state index < -0.39 is 5.91 Å². The molecule has 0 atom stereocenters. The second-order valence-corrected chi connectivity index (χ2v) is 7.88. The van der Waals surface area contributed by atoms with Gasteiger partial charge in [-0.1, -0.05) is 25.1 Å². The van der Waals surface area contributed by atoms with Gasteiger partial charge in [0.2, 0.25) is 5.89 Å². The third kappa shape index (κ3) is 4.65. The topological polar surface area (TPSA) is 96.6 Å². The molecular formula is C25H23N3O4S. The predicted octanol–water partition coefficient (Wildman–Crippen LogP) is 5.21. The van der Waals surface area contributed by atoms with Crippen molar-refractivity contribution >= 4 is 40.0 Å². The van der Waals surface area contributed by atoms with Gasteiger partial charge in [0.05, 0.1) is 18.2 Å². The zero-order valence-electron chi connectivity index (χ0n) is 18.4. The first-order valence-corrected chi connectivity index (χ1v) is 10.8. The molecule has 0 bridgehead atoms. The van der Waals surface area contributed by atoms with Gasteiger partial charge in [-0.05, 0) is 73.1 Å². The van der Waals surface area contributed by atoms with Crippen molar-refractivity contribution in [1.82, 2.24) is 10.3 Å². The van der Waals surface area contributed by atoms with E-state index in [9.17, 15) is 9.90 Å². The first-order chi connectivity index (χ1) is 15.9. The summed E-state index contributed by atoms with van der Waals surface area (Å²) in [5, 5.41) is 16.4. The molecule has 1 heterocycles. The van der Waals surface area contributed by atoms with Crippen LogP contribution < -0.4 is 15.4 Å². The zero-order valence-corrected chi connectivity index (χ0v) is 19.2. The van der Waals surface area contributed by atoms with Crippen LogP contribution >= 0.6 is 12.2 Å². The smallest absolute Gasteiger partial charge is 0.261 e. The Balaban J connectivity index is 1.58. The average Bonchev–Trinajstić information content (AvgIpc) is 3.24. The molecule has 0 aliphatic carbocycles. The number of carbonyl (C=O) groups excluding carboxylic acids is 1. The number of nitrogens with one attached hydrogen (secondary N) is 2. The summed E-state index contributed by atoms with van der Waals surface area (Å²) in [6.07, 6.45) is 0.889. The molecule has 4 aromatic rings. The Bertz CT molecular complexity index is 1360. The van der Waals surface area contributed by atoms with Crippen LogP contribution in [-0.2, 0) is 6.42 Å². The number of phenols is 1. The van der Waals surface area contributed by atoms with Crippen LogP contribution in [0, 0.1) is 6.92 Å². The van der Waals surface area contributed by atoms with Gasteiger partial charge in [0.15, 0.2) is 10.7 Å². The molecule has 0 radical (unpaired) electrons. The first-order valence-electron chi connectivity index (χ1n) is 10.4. The van der Waals surface area contributed by atoms with Crippen LogP contribution in [0.1, 0.15) is 28.4 Å². The minimum absolute atomic E-state index is 0.0618. The summed E-state index contributed by atoms with van der Waals surface area (Å²) in [7, 11) is 1.50. The first kappa shape index (κ1) is 22.3. The number of phenolic OH excluding ortho intramolecular Hbond substituents is 1. The van der Waals surface area contributed by atoms with E-state index in [1.54, 1.807) is 43.3 Å². The molecule has 8 heteroatoms. The lowest BCUT2D eigenvalue weighted by Gasteiger charge is -2.13. The summed E-state index contributed by atoms with van der Waals surface area (Å²) in [5.74, 6) is 0.410. The number of para-hydroxylation sites is 1. The van der Waals surface area contributed by atoms with Gasteiger partial charge in [-0.25, -0.2) is 4.98 Å². The van der Waals surface area contributed by atoms with Crippen molar-refractivity contribution in [3.63, 3.8) is 0 Å². The second kappa shape index (κ2) is 9.30. The van der Waals surface area contributed by atoms with E-state index in [-0.39, 0.29) is 10.9 Å². The Labute approximate surface area is 196 Å². The van der Waals surface area contributed by atoms with E-state index in [0.29, 0.717) is 39.6 Å². The Morgan fingerprint density at radius 2 is 1.97 bits per heavy atom. The number of carbonyl (C=O) groups is 1. The van der Waals surface area contributed by atoms with E-state index in [1.165, 1.54) is 7.11 Å². The van der Waals surface area contributed by atoms with Crippen LogP contribution in [0.25, 0.3) is 22.6 Å². The van der Waals surface area contributed by atoms with Gasteiger partial charge in [0.1, 0.15) is 17.0 Å². The van der Waals surface area contributed by atoms with Gasteiger partial charge in [0, 0.05) is 5.69 Å². The highest BCUT2D eigenvalue weighted by Gasteiger charge is 2.17. The number of nitrogens with zero attached hydrogens (tertiary/aromatic N) is 1. The number of oxazole rings is 1. The van der Waals surface area contributed by atoms with E-state index >= 15 is 0 Å². The molecule has 0 fully saturated rings. The van der Waals surface area contributed by atoms with Crippen LogP contribution in [0.4, 0.5) is 5.69 Å². The molecule has 0 spiro atoms. The Hall–Kier alpha value is -3.91. The van der Waals surface area contributed by atoms with Crippen molar-refractivity contribution in [2.45, 2.75) is 20.3 Å². The highest BCUT2D eigenvalue weighted by molar-refractivity contribution is 7.80. The summed E-state index contributed by atoms with van der Waals surface area (Å²) in [6, 6.07) is 16.1. The lowest BCUT2D eigenvalue weighted by atomic mass is 10.1. The minimum atomic E-state index is -0.397. The molecule has 168 valence electrons. The number of methoxy groups -OCH3 is 1. The fourth-order valence-electron chi connectivity index (χ4n) is 3.49. The number of hydrogen-bond acceptors (Lipinski definition) is 6. The number of ether oxygens (including phenoxy) is 1. The molecule has 33 heavy (non-hydrogen) atoms. The van der Waals surface area contributed by atoms with Gasteiger partial charge in [-0.3, -0.25) is 10.1 Å². The quantitative estimate of drug-likeness (QED) is 0.277. The molecule has 0 aliphatic rings. The molecular weight excluding hydrogens is 438 g/mol. The number of aryl methyl sites for hydroxylation is 2. The van der Waals surface area contributed by atoms with Gasteiger partial charge >= 0.3 is 0 Å². The van der Waals surface area contributed by atoms with Crippen molar-refractivity contribution in [1.29, 1.82) is 0 Å². The molecule has 1 amide bonds. The lowest BCUT2D eigenvalue weighted by Crippen LogP contribution is -2.34. The Morgan fingerprint density at radius 3 is 2.73 bits per heavy atom. The highest BCUT2D eigenvalue weighted by Crippen LogP contribution is 2.36. The summed E-state index contributed by atoms with van der Waals surface area (Å²) in [5.41, 5.74) is 4.47. The SMILES string of the molecule is CCc1ccc2oc(-c3cc(NC(=S)NC(=O)c4ccccc4OC)cc(C)c3O)nc2c1. The number of amides is 1. The molecule has 0 saturated carbocycles. The van der Waals surface area contributed by atoms with Crippen LogP contribution in [0.3, 0.4) is 0 Å². The van der Waals surface area contributed by atoms with Crippen LogP contribution in [-0.4, -0.2) is 28.2 Å². The number of fused-ring (bicyclic) bond motifs is 1. The van der Waals surface area contributed by atoms with Gasteiger partial charge in [-0.2, -0.15) is 0 Å². The molecule has 4 rings (SSSR count). The summed E-state index contributed by atoms with van der Waals surface area (Å²) < 4.78 is 11.1. The molecule has 1 aromatic heterocycles. The fourth-order valence-corrected chi connectivity index (χ4v) is 3.70. The summed E-state index contributed by atoms with van der Waals surface area (Å²) in [4.78, 5) is 17.2. The Kier molecular flexibility index (Phi) is 6.28. The number of hydrogen-bond donors (Lipinski definition) is 3. The van der Waals surface area contributed by atoms with Crippen LogP contribution in [0.2, 0.25) is 0 Å². The standard InChI is InChI=1S/C25H23N3O4S/c1-4-15-9-10-21-19(12-15)27-24(32-21)18-13-16(11-14(2)22(18)29)26-25(33)28-23(30)17-7-5-6-8-20(17)31-3/h5-13,29H,4H2,1-3H3,(H2,26,28,30,33). The van der Waals surface area contributed by atoms with E-state index in [4.69, 9.17) is 21.4 Å². The Morgan fingerprint density at radius 1 is 1.18 bits per heavy atom. The third-order valence-electron chi connectivity index (χ3n) is 5.23. The third-order valence-corrected chi connectivity index (χ3v) is 5.43. The number of aromatic hydroxyl groups is 1. The second-order valence-electron chi connectivity index (χ2n) is 7.47. The van der Waals surface area contributed by atoms with E-state index in [1.807, 2.05) is 18.2 Å². The average molecular weight is 462 g/mol. The molecule has 3 N–H and O–H groups in total. The molecule has 7 nitrogen and oxygen atoms in total. The van der Waals surface area contributed by atoms with Crippen LogP contribution in [0.15, 0.2) is 59.0 Å². The maximum absolute atomic E-state index is 12.6. The van der Waals surface area contributed by atoms with Crippen LogP contribution in [0.5, 0.6) is 11.5 Å². The number of thiocarbonyl (C=S) groups is 1. The maximum atomic E-state index is 12.6. The number of anilines is 1. The number of benzene rings is 3. The molecule has 3 aromatic carbocycles. The molecule has 0 unspecified atom stereocenters. The zero-order chi connectivity index (χ0) is 23.5. The van der Waals surface area contributed by atoms with Crippen molar-refractivity contribution in [2.75, 3.05) is 12.4 Å². The fraction of sp³-hybridized carbons (Fsp3) is 0.160. The van der Waals surface area contributed by atoms with E-state index in [0.717, 1.165) is 17.5 Å². The van der Waals surface area contributed by atoms with E-state index in [2.05, 4.69) is 22.5 Å². The van der Waals surface area contributed by atoms with Crippen molar-refractivity contribution < 1.29 is 19.1 Å². The predicted molar refractivity (Wildman–Crippen MR) is 132 cm³/mol. The van der Waals surface area contributed by atoms with Crippen molar-refractivity contribution in [3.8, 4) is 23.0 Å². The maximum Gasteiger partial charge on any atom is 0.261 e. The molecule has 0 saturated heterocycles. The lowest BCUT2D eigenvalue weighted by molar-refractivity contribution is 0.0974. The number of rotatable bonds is 5. The monoisotopic (exact) mass is 461 g/mol. The van der Waals surface area contributed by atoms with Crippen molar-refractivity contribution in [3.05, 3.63) is 71.3 Å². The summed E-state index contributed by atoms with van der Waals surface area (Å²) in [6.45, 7) is 3.83. The van der Waals surface area contributed by atoms with Gasteiger partial charge in [-0.15, -0.1) is 0 Å². The molecule has 0 aliphatic heterocycles. The van der Waals surface area contributed by atoms with Crippen molar-refractivity contribution in [2.24, 2.45) is 0 Å².